The predicted molar refractivity (Wildman–Crippen MR) is 57.0 cm³/mol. The number of halogens is 1. The maximum absolute atomic E-state index is 10.9. The third-order valence-corrected chi connectivity index (χ3v) is 1.44. The zero-order valence-corrected chi connectivity index (χ0v) is 8.72. The summed E-state index contributed by atoms with van der Waals surface area (Å²) >= 11 is 1.96. The number of carbonyl (C=O) groups excluding carboxylic acids is 1. The van der Waals surface area contributed by atoms with Crippen LogP contribution in [0.15, 0.2) is 28.6 Å². The molecule has 0 saturated carbocycles. The van der Waals surface area contributed by atoms with E-state index < -0.39 is 0 Å². The van der Waals surface area contributed by atoms with Crippen LogP contribution < -0.4 is 10.9 Å². The molecule has 0 aromatic carbocycles. The minimum absolute atomic E-state index is 0.248. The Bertz CT molecular complexity index is 301. The number of anilines is 1. The number of aromatic nitrogens is 2. The van der Waals surface area contributed by atoms with Gasteiger partial charge in [0.1, 0.15) is 0 Å². The van der Waals surface area contributed by atoms with Crippen LogP contribution in [0.2, 0.25) is 0 Å². The molecule has 0 spiro atoms. The van der Waals surface area contributed by atoms with Gasteiger partial charge in [-0.1, -0.05) is 22.6 Å². The molecule has 0 aliphatic carbocycles. The molecule has 0 fully saturated rings. The minimum Gasteiger partial charge on any atom is -0.268 e. The number of rotatable bonds is 3. The highest BCUT2D eigenvalue weighted by atomic mass is 127. The molecule has 5 nitrogen and oxygen atoms in total. The van der Waals surface area contributed by atoms with Gasteiger partial charge in [0.05, 0.1) is 0 Å². The van der Waals surface area contributed by atoms with E-state index in [4.69, 9.17) is 0 Å². The van der Waals surface area contributed by atoms with E-state index in [0.717, 1.165) is 0 Å². The molecule has 1 aromatic heterocycles. The van der Waals surface area contributed by atoms with E-state index in [-0.39, 0.29) is 5.91 Å². The average Bonchev–Trinajstić information content (AvgIpc) is 2.17. The van der Waals surface area contributed by atoms with E-state index in [2.05, 4.69) is 20.8 Å². The summed E-state index contributed by atoms with van der Waals surface area (Å²) in [4.78, 5) is 18.6. The van der Waals surface area contributed by atoms with Gasteiger partial charge in [-0.05, 0) is 10.1 Å². The molecule has 0 bridgehead atoms. The Hall–Kier alpha value is -1.18. The Morgan fingerprint density at radius 2 is 2.15 bits per heavy atom. The fourth-order valence-corrected chi connectivity index (χ4v) is 0.907. The van der Waals surface area contributed by atoms with Crippen LogP contribution in [0.25, 0.3) is 0 Å². The minimum atomic E-state index is -0.248. The van der Waals surface area contributed by atoms with Crippen LogP contribution in [-0.2, 0) is 4.79 Å². The van der Waals surface area contributed by atoms with Gasteiger partial charge in [0.2, 0.25) is 5.95 Å². The summed E-state index contributed by atoms with van der Waals surface area (Å²) < 4.78 is 1.61. The molecule has 1 aromatic rings. The predicted octanol–water partition coefficient (Wildman–Crippen LogP) is 0.868. The molecule has 0 aliphatic heterocycles. The molecule has 0 radical (unpaired) electrons. The fraction of sp³-hybridized carbons (Fsp3) is 0. The first kappa shape index (κ1) is 9.90. The lowest BCUT2D eigenvalue weighted by molar-refractivity contribution is -0.116. The zero-order chi connectivity index (χ0) is 9.52. The first-order valence-corrected chi connectivity index (χ1v) is 4.67. The molecule has 68 valence electrons. The monoisotopic (exact) mass is 290 g/mol. The fourth-order valence-electron chi connectivity index (χ4n) is 0.580. The van der Waals surface area contributed by atoms with Gasteiger partial charge in [-0.3, -0.25) is 15.6 Å². The van der Waals surface area contributed by atoms with E-state index in [0.29, 0.717) is 5.95 Å². The van der Waals surface area contributed by atoms with E-state index in [1.165, 1.54) is 6.08 Å². The van der Waals surface area contributed by atoms with Gasteiger partial charge in [-0.25, -0.2) is 9.97 Å². The van der Waals surface area contributed by atoms with Crippen molar-refractivity contribution < 1.29 is 4.79 Å². The number of amides is 1. The summed E-state index contributed by atoms with van der Waals surface area (Å²) in [6, 6.07) is 1.69. The molecule has 0 unspecified atom stereocenters. The van der Waals surface area contributed by atoms with Gasteiger partial charge in [-0.2, -0.15) is 0 Å². The van der Waals surface area contributed by atoms with Crippen molar-refractivity contribution >= 4 is 34.4 Å². The maximum Gasteiger partial charge on any atom is 0.262 e. The number of hydrogen-bond donors (Lipinski definition) is 2. The number of hydrogen-bond acceptors (Lipinski definition) is 4. The second-order valence-electron chi connectivity index (χ2n) is 1.98. The van der Waals surface area contributed by atoms with Gasteiger partial charge in [0.15, 0.2) is 0 Å². The topological polar surface area (TPSA) is 66.9 Å². The molecule has 1 heterocycles. The van der Waals surface area contributed by atoms with Crippen LogP contribution in [0.3, 0.4) is 0 Å². The standard InChI is InChI=1S/C7H7IN4O/c8-3-2-6(13)11-12-7-9-4-1-5-10-7/h1-5H,(H,11,13)(H,9,10,12)/b3-2-. The van der Waals surface area contributed by atoms with Crippen LogP contribution >= 0.6 is 22.6 Å². The smallest absolute Gasteiger partial charge is 0.262 e. The Labute approximate surface area is 88.8 Å². The number of nitrogens with one attached hydrogen (secondary N) is 2. The Morgan fingerprint density at radius 1 is 1.46 bits per heavy atom. The summed E-state index contributed by atoms with van der Waals surface area (Å²) in [5.74, 6) is 0.111. The van der Waals surface area contributed by atoms with Crippen molar-refractivity contribution in [2.45, 2.75) is 0 Å². The second-order valence-corrected chi connectivity index (χ2v) is 2.70. The van der Waals surface area contributed by atoms with Gasteiger partial charge < -0.3 is 0 Å². The largest absolute Gasteiger partial charge is 0.268 e. The molecule has 0 atom stereocenters. The second kappa shape index (κ2) is 5.46. The van der Waals surface area contributed by atoms with Crippen molar-refractivity contribution in [3.8, 4) is 0 Å². The average molecular weight is 290 g/mol. The highest BCUT2D eigenvalue weighted by Crippen LogP contribution is 1.90. The summed E-state index contributed by atoms with van der Waals surface area (Å²) in [7, 11) is 0. The lowest BCUT2D eigenvalue weighted by atomic mass is 10.6. The van der Waals surface area contributed by atoms with Crippen LogP contribution in [0.1, 0.15) is 0 Å². The summed E-state index contributed by atoms with van der Waals surface area (Å²) in [6.45, 7) is 0. The Morgan fingerprint density at radius 3 is 2.77 bits per heavy atom. The molecule has 13 heavy (non-hydrogen) atoms. The van der Waals surface area contributed by atoms with Crippen LogP contribution in [0.4, 0.5) is 5.95 Å². The summed E-state index contributed by atoms with van der Waals surface area (Å²) in [5.41, 5.74) is 4.95. The van der Waals surface area contributed by atoms with Crippen LogP contribution in [0.5, 0.6) is 0 Å². The molecule has 1 rings (SSSR count). The maximum atomic E-state index is 10.9. The molecule has 0 aliphatic rings. The normalized spacial score (nSPS) is 9.92. The van der Waals surface area contributed by atoms with Crippen molar-refractivity contribution in [1.29, 1.82) is 0 Å². The van der Waals surface area contributed by atoms with Gasteiger partial charge in [-0.15, -0.1) is 0 Å². The van der Waals surface area contributed by atoms with Crippen molar-refractivity contribution in [3.05, 3.63) is 28.6 Å². The number of hydrazine groups is 1. The van der Waals surface area contributed by atoms with E-state index in [9.17, 15) is 4.79 Å². The molecule has 2 N–H and O–H groups in total. The number of nitrogens with zero attached hydrogens (tertiary/aromatic N) is 2. The Balaban J connectivity index is 2.40. The quantitative estimate of drug-likeness (QED) is 0.492. The SMILES string of the molecule is O=C(/C=C\I)NNc1ncccn1. The highest BCUT2D eigenvalue weighted by molar-refractivity contribution is 14.1. The molecule has 0 saturated heterocycles. The van der Waals surface area contributed by atoms with E-state index >= 15 is 0 Å². The molecule has 1 amide bonds. The van der Waals surface area contributed by atoms with Gasteiger partial charge in [0.25, 0.3) is 5.91 Å². The van der Waals surface area contributed by atoms with Crippen LogP contribution in [-0.4, -0.2) is 15.9 Å². The molecular formula is C7H7IN4O. The highest BCUT2D eigenvalue weighted by Gasteiger charge is 1.94. The zero-order valence-electron chi connectivity index (χ0n) is 6.57. The van der Waals surface area contributed by atoms with Crippen LogP contribution in [0, 0.1) is 0 Å². The van der Waals surface area contributed by atoms with Crippen molar-refractivity contribution in [2.75, 3.05) is 5.43 Å². The molecule has 6 heteroatoms. The van der Waals surface area contributed by atoms with Gasteiger partial charge in [0, 0.05) is 18.5 Å². The van der Waals surface area contributed by atoms with Crippen molar-refractivity contribution in [3.63, 3.8) is 0 Å². The first-order valence-electron chi connectivity index (χ1n) is 3.42. The Kier molecular flexibility index (Phi) is 4.16. The lowest BCUT2D eigenvalue weighted by Crippen LogP contribution is -2.28. The van der Waals surface area contributed by atoms with Gasteiger partial charge >= 0.3 is 0 Å². The summed E-state index contributed by atoms with van der Waals surface area (Å²) in [6.07, 6.45) is 4.54. The van der Waals surface area contributed by atoms with Crippen molar-refractivity contribution in [1.82, 2.24) is 15.4 Å². The van der Waals surface area contributed by atoms with E-state index in [1.807, 2.05) is 22.6 Å². The van der Waals surface area contributed by atoms with Crippen molar-refractivity contribution in [2.24, 2.45) is 0 Å². The summed E-state index contributed by atoms with van der Waals surface area (Å²) in [5, 5.41) is 0. The lowest BCUT2D eigenvalue weighted by Gasteiger charge is -2.02. The third-order valence-electron chi connectivity index (χ3n) is 1.08. The van der Waals surface area contributed by atoms with E-state index in [1.54, 1.807) is 22.5 Å². The molecular weight excluding hydrogens is 283 g/mol. The number of carbonyl (C=O) groups is 1. The first-order chi connectivity index (χ1) is 6.33. The third kappa shape index (κ3) is 3.83.